The lowest BCUT2D eigenvalue weighted by Crippen LogP contribution is -2.52. The van der Waals surface area contributed by atoms with Crippen LogP contribution in [0.25, 0.3) is 0 Å². The van der Waals surface area contributed by atoms with Crippen LogP contribution in [0.2, 0.25) is 5.02 Å². The number of halogens is 1. The van der Waals surface area contributed by atoms with Gasteiger partial charge in [0, 0.05) is 43.5 Å². The number of carbonyl (C=O) groups is 2. The Hall–Kier alpha value is -2.62. The van der Waals surface area contributed by atoms with Crippen LogP contribution < -0.4 is 9.46 Å². The molecule has 1 aliphatic heterocycles. The summed E-state index contributed by atoms with van der Waals surface area (Å²) < 4.78 is 31.2. The van der Waals surface area contributed by atoms with E-state index in [1.54, 1.807) is 41.1 Å². The minimum Gasteiger partial charge on any atom is -0.493 e. The highest BCUT2D eigenvalue weighted by Gasteiger charge is 2.40. The van der Waals surface area contributed by atoms with Crippen LogP contribution in [0.3, 0.4) is 0 Å². The van der Waals surface area contributed by atoms with E-state index in [2.05, 4.69) is 4.72 Å². The molecule has 0 spiro atoms. The van der Waals surface area contributed by atoms with E-state index in [4.69, 9.17) is 16.3 Å². The summed E-state index contributed by atoms with van der Waals surface area (Å²) in [5, 5.41) is 0.544. The van der Waals surface area contributed by atoms with E-state index >= 15 is 0 Å². The van der Waals surface area contributed by atoms with Crippen LogP contribution in [0.4, 0.5) is 0 Å². The van der Waals surface area contributed by atoms with Gasteiger partial charge in [-0.05, 0) is 36.6 Å². The van der Waals surface area contributed by atoms with Crippen LogP contribution in [0, 0.1) is 5.41 Å². The van der Waals surface area contributed by atoms with E-state index in [1.807, 2.05) is 30.3 Å². The number of nitrogens with one attached hydrogen (secondary N) is 1. The Morgan fingerprint density at radius 1 is 1.17 bits per heavy atom. The molecule has 1 fully saturated rings. The summed E-state index contributed by atoms with van der Waals surface area (Å²) in [5.41, 5.74) is 0.406. The van der Waals surface area contributed by atoms with Gasteiger partial charge in [-0.3, -0.25) is 9.59 Å². The fraction of sp³-hybridized carbons (Fsp3) is 0.440. The third-order valence-electron chi connectivity index (χ3n) is 6.06. The molecule has 0 bridgehead atoms. The molecular formula is C25H32ClN3O5S. The average molecular weight is 522 g/mol. The van der Waals surface area contributed by atoms with E-state index in [0.29, 0.717) is 43.2 Å². The molecule has 0 radical (unpaired) electrons. The summed E-state index contributed by atoms with van der Waals surface area (Å²) in [4.78, 5) is 29.3. The fourth-order valence-electron chi connectivity index (χ4n) is 4.23. The van der Waals surface area contributed by atoms with Gasteiger partial charge in [-0.2, -0.15) is 0 Å². The Bertz CT molecular complexity index is 1130. The Morgan fingerprint density at radius 2 is 1.91 bits per heavy atom. The number of sulfonamides is 1. The quantitative estimate of drug-likeness (QED) is 0.518. The Morgan fingerprint density at radius 3 is 2.60 bits per heavy atom. The summed E-state index contributed by atoms with van der Waals surface area (Å²) >= 11 is 6.09. The summed E-state index contributed by atoms with van der Waals surface area (Å²) in [6, 6.07) is 16.8. The zero-order chi connectivity index (χ0) is 25.5. The average Bonchev–Trinajstić information content (AvgIpc) is 2.81. The van der Waals surface area contributed by atoms with Gasteiger partial charge in [0.15, 0.2) is 0 Å². The lowest BCUT2D eigenvalue weighted by atomic mass is 9.77. The van der Waals surface area contributed by atoms with Crippen molar-refractivity contribution in [1.82, 2.24) is 14.5 Å². The molecule has 0 aliphatic carbocycles. The zero-order valence-corrected chi connectivity index (χ0v) is 21.6. The van der Waals surface area contributed by atoms with Crippen molar-refractivity contribution in [3.05, 3.63) is 65.2 Å². The van der Waals surface area contributed by atoms with Crippen molar-refractivity contribution in [2.75, 3.05) is 39.5 Å². The van der Waals surface area contributed by atoms with Crippen LogP contribution >= 0.6 is 11.6 Å². The van der Waals surface area contributed by atoms with E-state index in [0.717, 1.165) is 11.8 Å². The highest BCUT2D eigenvalue weighted by molar-refractivity contribution is 7.88. The normalized spacial score (nSPS) is 18.2. The molecule has 8 nitrogen and oxygen atoms in total. The number of ether oxygens (including phenoxy) is 1. The van der Waals surface area contributed by atoms with Crippen LogP contribution in [-0.2, 0) is 26.2 Å². The van der Waals surface area contributed by atoms with Gasteiger partial charge in [-0.15, -0.1) is 0 Å². The molecule has 0 aromatic heterocycles. The molecule has 2 aromatic rings. The number of likely N-dealkylation sites (tertiary alicyclic amines) is 1. The minimum atomic E-state index is -3.49. The summed E-state index contributed by atoms with van der Waals surface area (Å²) in [6.45, 7) is 1.18. The van der Waals surface area contributed by atoms with Crippen molar-refractivity contribution in [3.8, 4) is 5.75 Å². The maximum absolute atomic E-state index is 13.3. The molecular weight excluding hydrogens is 490 g/mol. The molecule has 1 heterocycles. The maximum Gasteiger partial charge on any atom is 0.237 e. The first-order valence-corrected chi connectivity index (χ1v) is 13.7. The van der Waals surface area contributed by atoms with E-state index < -0.39 is 15.4 Å². The van der Waals surface area contributed by atoms with Crippen LogP contribution in [-0.4, -0.2) is 69.6 Å². The van der Waals surface area contributed by atoms with Gasteiger partial charge >= 0.3 is 0 Å². The molecule has 1 unspecified atom stereocenters. The van der Waals surface area contributed by atoms with E-state index in [-0.39, 0.29) is 31.4 Å². The summed E-state index contributed by atoms with van der Waals surface area (Å²) in [5.74, 6) is 0.212. The number of nitrogens with zero attached hydrogens (tertiary/aromatic N) is 2. The Labute approximate surface area is 212 Å². The number of amides is 2. The first-order chi connectivity index (χ1) is 16.6. The number of hydrogen-bond donors (Lipinski definition) is 1. The van der Waals surface area contributed by atoms with Gasteiger partial charge < -0.3 is 14.5 Å². The second-order valence-electron chi connectivity index (χ2n) is 9.17. The summed E-state index contributed by atoms with van der Waals surface area (Å²) in [7, 11) is -1.73. The first kappa shape index (κ1) is 27.0. The van der Waals surface area contributed by atoms with Crippen LogP contribution in [0.15, 0.2) is 54.6 Å². The number of benzene rings is 2. The van der Waals surface area contributed by atoms with Crippen molar-refractivity contribution >= 4 is 33.4 Å². The highest BCUT2D eigenvalue weighted by Crippen LogP contribution is 2.35. The molecule has 10 heteroatoms. The van der Waals surface area contributed by atoms with Gasteiger partial charge in [-0.25, -0.2) is 13.1 Å². The highest BCUT2D eigenvalue weighted by atomic mass is 35.5. The maximum atomic E-state index is 13.3. The van der Waals surface area contributed by atoms with Gasteiger partial charge in [0.05, 0.1) is 19.4 Å². The number of piperidine rings is 1. The summed E-state index contributed by atoms with van der Waals surface area (Å²) in [6.07, 6.45) is 2.59. The molecule has 2 aromatic carbocycles. The van der Waals surface area contributed by atoms with Gasteiger partial charge in [0.25, 0.3) is 0 Å². The third kappa shape index (κ3) is 8.52. The number of hydrogen-bond acceptors (Lipinski definition) is 5. The molecule has 35 heavy (non-hydrogen) atoms. The minimum absolute atomic E-state index is 0.0490. The van der Waals surface area contributed by atoms with Crippen molar-refractivity contribution in [3.63, 3.8) is 0 Å². The standard InChI is InChI=1S/C25H32ClN3O5S/c1-28(17-20-8-4-3-5-9-20)23(30)15-25(19-34-22-11-6-10-21(26)14-22)12-7-13-29(18-25)24(31)16-27-35(2,32)33/h3-6,8-11,14,27H,7,12-13,15-19H2,1-2H3. The molecule has 0 saturated carbocycles. The molecule has 3 rings (SSSR count). The first-order valence-electron chi connectivity index (χ1n) is 11.4. The Kier molecular flexibility index (Phi) is 9.15. The van der Waals surface area contributed by atoms with Crippen LogP contribution in [0.5, 0.6) is 5.75 Å². The van der Waals surface area contributed by atoms with Crippen molar-refractivity contribution < 1.29 is 22.7 Å². The van der Waals surface area contributed by atoms with Gasteiger partial charge in [0.1, 0.15) is 5.75 Å². The molecule has 1 atom stereocenters. The van der Waals surface area contributed by atoms with Crippen molar-refractivity contribution in [2.24, 2.45) is 5.41 Å². The molecule has 1 saturated heterocycles. The SMILES string of the molecule is CN(Cc1ccccc1)C(=O)CC1(COc2cccc(Cl)c2)CCCN(C(=O)CNS(C)(=O)=O)C1. The largest absolute Gasteiger partial charge is 0.493 e. The molecule has 1 N–H and O–H groups in total. The van der Waals surface area contributed by atoms with E-state index in [9.17, 15) is 18.0 Å². The zero-order valence-electron chi connectivity index (χ0n) is 20.1. The topological polar surface area (TPSA) is 96.0 Å². The third-order valence-corrected chi connectivity index (χ3v) is 6.96. The molecule has 190 valence electrons. The molecule has 2 amide bonds. The number of rotatable bonds is 10. The van der Waals surface area contributed by atoms with Crippen LogP contribution in [0.1, 0.15) is 24.8 Å². The Balaban J connectivity index is 1.75. The second kappa shape index (κ2) is 11.9. The monoisotopic (exact) mass is 521 g/mol. The van der Waals surface area contributed by atoms with E-state index in [1.165, 1.54) is 0 Å². The lowest BCUT2D eigenvalue weighted by Gasteiger charge is -2.43. The van der Waals surface area contributed by atoms with Gasteiger partial charge in [0.2, 0.25) is 21.8 Å². The predicted octanol–water partition coefficient (Wildman–Crippen LogP) is 2.93. The van der Waals surface area contributed by atoms with Crippen molar-refractivity contribution in [1.29, 1.82) is 0 Å². The lowest BCUT2D eigenvalue weighted by molar-refractivity contribution is -0.140. The van der Waals surface area contributed by atoms with Crippen molar-refractivity contribution in [2.45, 2.75) is 25.8 Å². The fourth-order valence-corrected chi connectivity index (χ4v) is 4.80. The molecule has 1 aliphatic rings. The predicted molar refractivity (Wildman–Crippen MR) is 136 cm³/mol. The van der Waals surface area contributed by atoms with Gasteiger partial charge in [-0.1, -0.05) is 48.0 Å². The number of carbonyl (C=O) groups excluding carboxylic acids is 2. The second-order valence-corrected chi connectivity index (χ2v) is 11.4. The smallest absolute Gasteiger partial charge is 0.237 e.